The Morgan fingerprint density at radius 1 is 0.889 bits per heavy atom. The minimum Gasteiger partial charge on any atom is -0.481 e. The average Bonchev–Trinajstić information content (AvgIpc) is 2.55. The van der Waals surface area contributed by atoms with Gasteiger partial charge in [-0.25, -0.2) is 4.79 Å². The van der Waals surface area contributed by atoms with Crippen LogP contribution in [0.4, 0.5) is 0 Å². The number of aliphatic carboxylic acids is 2. The molecule has 0 radical (unpaired) electrons. The molecule has 13 heteroatoms. The molecule has 154 valence electrons. The number of hydrogen-bond donors (Lipinski definition) is 8. The second-order valence-corrected chi connectivity index (χ2v) is 5.76. The van der Waals surface area contributed by atoms with Crippen LogP contribution in [0.15, 0.2) is 0 Å². The fourth-order valence-corrected chi connectivity index (χ4v) is 1.79. The lowest BCUT2D eigenvalue weighted by Crippen LogP contribution is -2.60. The van der Waals surface area contributed by atoms with Gasteiger partial charge in [0.15, 0.2) is 0 Å². The highest BCUT2D eigenvalue weighted by atomic mass is 16.4. The number of amides is 3. The predicted octanol–water partition coefficient (Wildman–Crippen LogP) is -4.28. The van der Waals surface area contributed by atoms with Crippen molar-refractivity contribution < 1.29 is 44.4 Å². The van der Waals surface area contributed by atoms with Crippen LogP contribution in [0.25, 0.3) is 0 Å². The Morgan fingerprint density at radius 2 is 1.41 bits per heavy atom. The van der Waals surface area contributed by atoms with Gasteiger partial charge in [-0.1, -0.05) is 0 Å². The van der Waals surface area contributed by atoms with Crippen molar-refractivity contribution in [1.82, 2.24) is 16.0 Å². The Morgan fingerprint density at radius 3 is 1.78 bits per heavy atom. The van der Waals surface area contributed by atoms with Gasteiger partial charge in [0.1, 0.15) is 18.1 Å². The largest absolute Gasteiger partial charge is 0.481 e. The number of carboxylic acids is 2. The Labute approximate surface area is 153 Å². The van der Waals surface area contributed by atoms with Crippen LogP contribution < -0.4 is 21.7 Å². The van der Waals surface area contributed by atoms with E-state index >= 15 is 0 Å². The summed E-state index contributed by atoms with van der Waals surface area (Å²) in [6.45, 7) is 1.48. The van der Waals surface area contributed by atoms with Crippen molar-refractivity contribution in [2.24, 2.45) is 5.73 Å². The molecule has 0 saturated carbocycles. The van der Waals surface area contributed by atoms with E-state index in [9.17, 15) is 29.1 Å². The van der Waals surface area contributed by atoms with E-state index in [0.717, 1.165) is 6.92 Å². The highest BCUT2D eigenvalue weighted by Gasteiger charge is 2.33. The lowest BCUT2D eigenvalue weighted by atomic mass is 10.1. The summed E-state index contributed by atoms with van der Waals surface area (Å²) in [6, 6.07) is -5.98. The van der Waals surface area contributed by atoms with Crippen LogP contribution in [0.5, 0.6) is 0 Å². The van der Waals surface area contributed by atoms with Crippen molar-refractivity contribution in [2.75, 3.05) is 6.61 Å². The maximum Gasteiger partial charge on any atom is 0.328 e. The molecule has 9 N–H and O–H groups in total. The molecule has 0 aliphatic carbocycles. The summed E-state index contributed by atoms with van der Waals surface area (Å²) in [7, 11) is 0. The minimum atomic E-state index is -1.68. The zero-order valence-electron chi connectivity index (χ0n) is 14.7. The van der Waals surface area contributed by atoms with E-state index in [1.54, 1.807) is 0 Å². The lowest BCUT2D eigenvalue weighted by molar-refractivity contribution is -0.144. The van der Waals surface area contributed by atoms with Gasteiger partial charge in [0.25, 0.3) is 0 Å². The van der Waals surface area contributed by atoms with Crippen LogP contribution in [0.3, 0.4) is 0 Å². The van der Waals surface area contributed by atoms with Crippen LogP contribution in [0, 0.1) is 0 Å². The number of nitrogens with one attached hydrogen (secondary N) is 3. The molecule has 27 heavy (non-hydrogen) atoms. The number of aliphatic hydroxyl groups is 2. The molecule has 0 aliphatic heterocycles. The molecular weight excluding hydrogens is 368 g/mol. The topological polar surface area (TPSA) is 228 Å². The van der Waals surface area contributed by atoms with Gasteiger partial charge >= 0.3 is 11.9 Å². The molecule has 0 heterocycles. The van der Waals surface area contributed by atoms with E-state index < -0.39 is 73.0 Å². The van der Waals surface area contributed by atoms with Gasteiger partial charge in [0.2, 0.25) is 17.7 Å². The molecule has 0 aromatic rings. The lowest BCUT2D eigenvalue weighted by Gasteiger charge is -2.25. The summed E-state index contributed by atoms with van der Waals surface area (Å²) in [5.41, 5.74) is 5.34. The zero-order valence-corrected chi connectivity index (χ0v) is 14.7. The van der Waals surface area contributed by atoms with Crippen molar-refractivity contribution in [3.63, 3.8) is 0 Å². The average molecular weight is 392 g/mol. The van der Waals surface area contributed by atoms with E-state index in [1.807, 2.05) is 10.6 Å². The summed E-state index contributed by atoms with van der Waals surface area (Å²) in [4.78, 5) is 57.7. The number of hydrogen-bond acceptors (Lipinski definition) is 8. The van der Waals surface area contributed by atoms with Gasteiger partial charge in [0.05, 0.1) is 25.2 Å². The molecule has 0 aliphatic rings. The van der Waals surface area contributed by atoms with E-state index in [1.165, 1.54) is 6.92 Å². The molecule has 0 bridgehead atoms. The molecule has 13 nitrogen and oxygen atoms in total. The summed E-state index contributed by atoms with van der Waals surface area (Å²) in [5, 5.41) is 42.3. The maximum absolute atomic E-state index is 12.3. The number of carboxylic acid groups (broad SMARTS) is 2. The highest BCUT2D eigenvalue weighted by Crippen LogP contribution is 2.00. The molecule has 0 spiro atoms. The number of aliphatic hydroxyl groups excluding tert-OH is 2. The summed E-state index contributed by atoms with van der Waals surface area (Å²) in [6.07, 6.45) is -2.33. The number of carbonyl (C=O) groups excluding carboxylic acids is 3. The molecule has 0 aromatic heterocycles. The van der Waals surface area contributed by atoms with Crippen LogP contribution in [0.2, 0.25) is 0 Å². The molecular formula is C14H24N4O9. The highest BCUT2D eigenvalue weighted by molar-refractivity contribution is 5.95. The number of rotatable bonds is 11. The first-order chi connectivity index (χ1) is 12.4. The molecule has 3 amide bonds. The molecule has 0 fully saturated rings. The second kappa shape index (κ2) is 11.1. The van der Waals surface area contributed by atoms with Crippen molar-refractivity contribution in [1.29, 1.82) is 0 Å². The van der Waals surface area contributed by atoms with Crippen LogP contribution >= 0.6 is 0 Å². The first-order valence-electron chi connectivity index (χ1n) is 7.80. The van der Waals surface area contributed by atoms with Crippen molar-refractivity contribution >= 4 is 29.7 Å². The quantitative estimate of drug-likeness (QED) is 0.169. The second-order valence-electron chi connectivity index (χ2n) is 5.76. The van der Waals surface area contributed by atoms with E-state index in [2.05, 4.69) is 5.32 Å². The smallest absolute Gasteiger partial charge is 0.328 e. The van der Waals surface area contributed by atoms with Gasteiger partial charge in [0, 0.05) is 0 Å². The van der Waals surface area contributed by atoms with Crippen molar-refractivity contribution in [2.45, 2.75) is 50.5 Å². The third kappa shape index (κ3) is 8.44. The molecule has 5 unspecified atom stereocenters. The fourth-order valence-electron chi connectivity index (χ4n) is 1.79. The Kier molecular flexibility index (Phi) is 9.92. The van der Waals surface area contributed by atoms with Crippen LogP contribution in [0.1, 0.15) is 20.3 Å². The molecule has 0 saturated heterocycles. The fraction of sp³-hybridized carbons (Fsp3) is 0.643. The van der Waals surface area contributed by atoms with E-state index in [-0.39, 0.29) is 0 Å². The van der Waals surface area contributed by atoms with Crippen molar-refractivity contribution in [3.8, 4) is 0 Å². The van der Waals surface area contributed by atoms with Gasteiger partial charge in [-0.3, -0.25) is 19.2 Å². The van der Waals surface area contributed by atoms with Gasteiger partial charge in [-0.05, 0) is 13.8 Å². The maximum atomic E-state index is 12.3. The predicted molar refractivity (Wildman–Crippen MR) is 88.1 cm³/mol. The van der Waals surface area contributed by atoms with Gasteiger partial charge in [-0.2, -0.15) is 0 Å². The zero-order chi connectivity index (χ0) is 21.3. The third-order valence-corrected chi connectivity index (χ3v) is 3.29. The third-order valence-electron chi connectivity index (χ3n) is 3.29. The Hall–Kier alpha value is -2.77. The number of nitrogens with two attached hydrogens (primary N) is 1. The SMILES string of the molecule is CC(N)C(=O)NC(CC(=O)O)C(=O)NC(C(=O)NC(CO)C(=O)O)C(C)O. The summed E-state index contributed by atoms with van der Waals surface area (Å²) < 4.78 is 0. The monoisotopic (exact) mass is 392 g/mol. The van der Waals surface area contributed by atoms with Crippen LogP contribution in [-0.2, 0) is 24.0 Å². The Balaban J connectivity index is 5.29. The standard InChI is InChI=1S/C14H24N4O9/c1-5(15)11(23)16-7(3-9(21)22)12(24)18-10(6(2)20)13(25)17-8(4-19)14(26)27/h5-8,10,19-20H,3-4,15H2,1-2H3,(H,16,23)(H,17,25)(H,18,24)(H,21,22)(H,26,27). The van der Waals surface area contributed by atoms with Gasteiger partial charge < -0.3 is 42.1 Å². The van der Waals surface area contributed by atoms with Crippen molar-refractivity contribution in [3.05, 3.63) is 0 Å². The number of carbonyl (C=O) groups is 5. The summed E-state index contributed by atoms with van der Waals surface area (Å²) >= 11 is 0. The van der Waals surface area contributed by atoms with Crippen LogP contribution in [-0.4, -0.2) is 87.0 Å². The first kappa shape index (κ1) is 24.2. The van der Waals surface area contributed by atoms with E-state index in [0.29, 0.717) is 0 Å². The normalized spacial score (nSPS) is 16.2. The molecule has 0 aromatic carbocycles. The Bertz CT molecular complexity index is 579. The van der Waals surface area contributed by atoms with Gasteiger partial charge in [-0.15, -0.1) is 0 Å². The van der Waals surface area contributed by atoms with E-state index in [4.69, 9.17) is 21.1 Å². The minimum absolute atomic E-state index is 0.819. The first-order valence-corrected chi connectivity index (χ1v) is 7.80. The molecule has 5 atom stereocenters. The summed E-state index contributed by atoms with van der Waals surface area (Å²) in [5.74, 6) is -6.03. The molecule has 0 rings (SSSR count).